The number of hydrogen-bond acceptors (Lipinski definition) is 5. The van der Waals surface area contributed by atoms with Crippen LogP contribution in [0.25, 0.3) is 0 Å². The Morgan fingerprint density at radius 1 is 1.67 bits per heavy atom. The smallest absolute Gasteiger partial charge is 0.400 e. The maximum atomic E-state index is 11.1. The fourth-order valence-corrected chi connectivity index (χ4v) is 0.935. The molecule has 1 aromatic rings. The number of nitro groups is 1. The first-order valence-corrected chi connectivity index (χ1v) is 4.94. The minimum atomic E-state index is -0.662. The van der Waals surface area contributed by atoms with Crippen LogP contribution in [-0.2, 0) is 0 Å². The summed E-state index contributed by atoms with van der Waals surface area (Å²) >= 11 is 0. The normalized spacial score (nSPS) is 10.3. The zero-order valence-corrected chi connectivity index (χ0v) is 9.67. The Morgan fingerprint density at radius 2 is 2.39 bits per heavy atom. The fraction of sp³-hybridized carbons (Fsp3) is 0.200. The lowest BCUT2D eigenvalue weighted by atomic mass is 10.3. The topological polar surface area (TPSA) is 110 Å². The predicted molar refractivity (Wildman–Crippen MR) is 64.3 cm³/mol. The molecule has 1 rings (SSSR count). The van der Waals surface area contributed by atoms with Gasteiger partial charge < -0.3 is 9.73 Å². The first kappa shape index (κ1) is 13.4. The zero-order valence-electron chi connectivity index (χ0n) is 9.67. The summed E-state index contributed by atoms with van der Waals surface area (Å²) in [5, 5.41) is 16.4. The molecule has 0 aromatic carbocycles. The van der Waals surface area contributed by atoms with Gasteiger partial charge in [-0.2, -0.15) is 5.10 Å². The van der Waals surface area contributed by atoms with Gasteiger partial charge in [0, 0.05) is 6.54 Å². The summed E-state index contributed by atoms with van der Waals surface area (Å²) in [6.07, 6.45) is 1.16. The van der Waals surface area contributed by atoms with Crippen molar-refractivity contribution in [2.45, 2.75) is 6.92 Å². The van der Waals surface area contributed by atoms with Crippen LogP contribution in [0.5, 0.6) is 0 Å². The number of hydrogen-bond donors (Lipinski definition) is 2. The monoisotopic (exact) mass is 252 g/mol. The third-order valence-corrected chi connectivity index (χ3v) is 1.70. The molecular formula is C10H12N4O4. The molecule has 0 atom stereocenters. The van der Waals surface area contributed by atoms with Gasteiger partial charge in [-0.05, 0) is 13.0 Å². The number of carbonyl (C=O) groups excluding carboxylic acids is 1. The number of nitrogens with one attached hydrogen (secondary N) is 2. The largest absolute Gasteiger partial charge is 0.433 e. The molecule has 1 aromatic heterocycles. The fourth-order valence-electron chi connectivity index (χ4n) is 0.935. The molecule has 0 saturated heterocycles. The van der Waals surface area contributed by atoms with Crippen molar-refractivity contribution in [1.82, 2.24) is 10.7 Å². The number of nitrogens with zero attached hydrogens (tertiary/aromatic N) is 2. The van der Waals surface area contributed by atoms with Crippen LogP contribution in [0.3, 0.4) is 0 Å². The molecule has 0 bridgehead atoms. The van der Waals surface area contributed by atoms with Crippen LogP contribution in [0.2, 0.25) is 0 Å². The first-order chi connectivity index (χ1) is 8.49. The van der Waals surface area contributed by atoms with E-state index in [4.69, 9.17) is 4.42 Å². The Morgan fingerprint density at radius 3 is 2.94 bits per heavy atom. The lowest BCUT2D eigenvalue weighted by Crippen LogP contribution is -2.33. The van der Waals surface area contributed by atoms with E-state index < -0.39 is 11.0 Å². The summed E-state index contributed by atoms with van der Waals surface area (Å²) in [4.78, 5) is 20.8. The summed E-state index contributed by atoms with van der Waals surface area (Å²) in [6, 6.07) is 2.06. The van der Waals surface area contributed by atoms with Gasteiger partial charge in [-0.3, -0.25) is 10.1 Å². The quantitative estimate of drug-likeness (QED) is 0.357. The van der Waals surface area contributed by atoms with Crippen molar-refractivity contribution in [3.05, 3.63) is 40.2 Å². The Hall–Kier alpha value is -2.64. The molecule has 1 heterocycles. The third-order valence-electron chi connectivity index (χ3n) is 1.70. The van der Waals surface area contributed by atoms with Crippen LogP contribution in [0.1, 0.15) is 12.7 Å². The van der Waals surface area contributed by atoms with Crippen molar-refractivity contribution in [2.24, 2.45) is 5.10 Å². The molecule has 0 aliphatic heterocycles. The van der Waals surface area contributed by atoms with Crippen LogP contribution < -0.4 is 10.7 Å². The van der Waals surface area contributed by atoms with Crippen molar-refractivity contribution >= 4 is 18.1 Å². The number of furan rings is 1. The highest BCUT2D eigenvalue weighted by Gasteiger charge is 2.10. The SMILES string of the molecule is C=C(C)CNC(=O)N/N=C/c1ccc([N+](=O)[O-])o1. The van der Waals surface area contributed by atoms with Crippen LogP contribution in [-0.4, -0.2) is 23.7 Å². The van der Waals surface area contributed by atoms with E-state index in [9.17, 15) is 14.9 Å². The minimum Gasteiger partial charge on any atom is -0.400 e. The molecule has 8 nitrogen and oxygen atoms in total. The molecule has 8 heteroatoms. The van der Waals surface area contributed by atoms with Crippen molar-refractivity contribution in [1.29, 1.82) is 0 Å². The summed E-state index contributed by atoms with van der Waals surface area (Å²) in [7, 11) is 0. The van der Waals surface area contributed by atoms with Gasteiger partial charge in [-0.1, -0.05) is 12.2 Å². The molecule has 0 saturated carbocycles. The average molecular weight is 252 g/mol. The second-order valence-electron chi connectivity index (χ2n) is 3.44. The summed E-state index contributed by atoms with van der Waals surface area (Å²) in [6.45, 7) is 5.72. The maximum Gasteiger partial charge on any atom is 0.433 e. The number of urea groups is 1. The van der Waals surface area contributed by atoms with Crippen LogP contribution >= 0.6 is 0 Å². The number of rotatable bonds is 5. The van der Waals surface area contributed by atoms with Crippen LogP contribution in [0, 0.1) is 10.1 Å². The predicted octanol–water partition coefficient (Wildman–Crippen LogP) is 1.40. The highest BCUT2D eigenvalue weighted by molar-refractivity contribution is 5.79. The summed E-state index contributed by atoms with van der Waals surface area (Å²) in [5.41, 5.74) is 2.98. The number of hydrazone groups is 1. The molecule has 0 radical (unpaired) electrons. The summed E-state index contributed by atoms with van der Waals surface area (Å²) in [5.74, 6) is -0.218. The van der Waals surface area contributed by atoms with Gasteiger partial charge in [0.25, 0.3) is 0 Å². The van der Waals surface area contributed by atoms with Crippen molar-refractivity contribution < 1.29 is 14.1 Å². The van der Waals surface area contributed by atoms with E-state index in [1.54, 1.807) is 6.92 Å². The molecule has 96 valence electrons. The molecular weight excluding hydrogens is 240 g/mol. The lowest BCUT2D eigenvalue weighted by molar-refractivity contribution is -0.402. The van der Waals surface area contributed by atoms with Crippen LogP contribution in [0.15, 0.2) is 33.8 Å². The van der Waals surface area contributed by atoms with Gasteiger partial charge in [0.05, 0.1) is 12.3 Å². The van der Waals surface area contributed by atoms with Gasteiger partial charge in [-0.25, -0.2) is 10.2 Å². The van der Waals surface area contributed by atoms with Crippen LogP contribution in [0.4, 0.5) is 10.7 Å². The van der Waals surface area contributed by atoms with Gasteiger partial charge >= 0.3 is 11.9 Å². The second-order valence-corrected chi connectivity index (χ2v) is 3.44. The maximum absolute atomic E-state index is 11.1. The van der Waals surface area contributed by atoms with E-state index in [2.05, 4.69) is 22.4 Å². The number of amides is 2. The molecule has 0 spiro atoms. The van der Waals surface area contributed by atoms with Crippen molar-refractivity contribution in [3.63, 3.8) is 0 Å². The van der Waals surface area contributed by atoms with Crippen molar-refractivity contribution in [3.8, 4) is 0 Å². The highest BCUT2D eigenvalue weighted by atomic mass is 16.6. The van der Waals surface area contributed by atoms with E-state index in [-0.39, 0.29) is 11.6 Å². The average Bonchev–Trinajstić information content (AvgIpc) is 2.75. The lowest BCUT2D eigenvalue weighted by Gasteiger charge is -2.02. The van der Waals surface area contributed by atoms with Gasteiger partial charge in [0.1, 0.15) is 4.92 Å². The van der Waals surface area contributed by atoms with Crippen molar-refractivity contribution in [2.75, 3.05) is 6.54 Å². The molecule has 0 fully saturated rings. The molecule has 2 amide bonds. The van der Waals surface area contributed by atoms with Gasteiger partial charge in [-0.15, -0.1) is 0 Å². The Bertz CT molecular complexity index is 492. The number of carbonyl (C=O) groups is 1. The highest BCUT2D eigenvalue weighted by Crippen LogP contribution is 2.13. The Kier molecular flexibility index (Phi) is 4.61. The molecule has 0 aliphatic rings. The Labute approximate surface area is 103 Å². The van der Waals surface area contributed by atoms with E-state index >= 15 is 0 Å². The van der Waals surface area contributed by atoms with E-state index in [1.807, 2.05) is 0 Å². The van der Waals surface area contributed by atoms with Gasteiger partial charge in [0.15, 0.2) is 5.76 Å². The third kappa shape index (κ3) is 4.47. The zero-order chi connectivity index (χ0) is 13.5. The first-order valence-electron chi connectivity index (χ1n) is 4.94. The molecule has 0 aliphatic carbocycles. The standard InChI is InChI=1S/C10H12N4O4/c1-7(2)5-11-10(15)13-12-6-8-3-4-9(18-8)14(16)17/h3-4,6H,1,5H2,2H3,(H2,11,13,15)/b12-6+. The van der Waals surface area contributed by atoms with E-state index in [0.717, 1.165) is 11.8 Å². The molecule has 18 heavy (non-hydrogen) atoms. The molecule has 2 N–H and O–H groups in total. The van der Waals surface area contributed by atoms with E-state index in [0.29, 0.717) is 6.54 Å². The van der Waals surface area contributed by atoms with E-state index in [1.165, 1.54) is 12.1 Å². The second kappa shape index (κ2) is 6.18. The minimum absolute atomic E-state index is 0.168. The molecule has 0 unspecified atom stereocenters. The summed E-state index contributed by atoms with van der Waals surface area (Å²) < 4.78 is 4.79. The van der Waals surface area contributed by atoms with Gasteiger partial charge in [0.2, 0.25) is 0 Å². The Balaban J connectivity index is 2.42.